The van der Waals surface area contributed by atoms with Crippen molar-refractivity contribution in [2.75, 3.05) is 11.4 Å². The summed E-state index contributed by atoms with van der Waals surface area (Å²) in [6.45, 7) is 0. The molecule has 17 heavy (non-hydrogen) atoms. The minimum absolute atomic E-state index is 0.736. The smallest absolute Gasteiger partial charge is 0.261 e. The first-order chi connectivity index (χ1) is 8.20. The lowest BCUT2D eigenvalue weighted by atomic mass is 10.0. The maximum Gasteiger partial charge on any atom is 0.261 e. The van der Waals surface area contributed by atoms with Crippen molar-refractivity contribution in [1.82, 2.24) is 0 Å². The van der Waals surface area contributed by atoms with Crippen molar-refractivity contribution >= 4 is 17.0 Å². The van der Waals surface area contributed by atoms with Crippen LogP contribution in [0.3, 0.4) is 0 Å². The normalized spacial score (nSPS) is 12.1. The third kappa shape index (κ3) is 2.54. The van der Waals surface area contributed by atoms with Gasteiger partial charge in [0.25, 0.3) is 11.3 Å². The molecule has 0 amide bonds. The van der Waals surface area contributed by atoms with Crippen molar-refractivity contribution in [2.45, 2.75) is 0 Å². The zero-order valence-electron chi connectivity index (χ0n) is 9.41. The molecule has 0 saturated carbocycles. The van der Waals surface area contributed by atoms with Gasteiger partial charge in [0.15, 0.2) is 0 Å². The van der Waals surface area contributed by atoms with Crippen LogP contribution in [0.15, 0.2) is 54.6 Å². The minimum Gasteiger partial charge on any atom is -0.289 e. The van der Waals surface area contributed by atoms with E-state index in [9.17, 15) is 4.21 Å². The van der Waals surface area contributed by atoms with Gasteiger partial charge in [0, 0.05) is 12.6 Å². The Labute approximate surface area is 103 Å². The van der Waals surface area contributed by atoms with Crippen LogP contribution in [-0.4, -0.2) is 15.8 Å². The fraction of sp³-hybridized carbons (Fsp3) is 0.0769. The third-order valence-corrected chi connectivity index (χ3v) is 3.23. The summed E-state index contributed by atoms with van der Waals surface area (Å²) in [5.74, 6) is 0. The van der Waals surface area contributed by atoms with E-state index in [1.165, 1.54) is 4.31 Å². The topological polar surface area (TPSA) is 40.5 Å². The zero-order valence-corrected chi connectivity index (χ0v) is 10.2. The highest BCUT2D eigenvalue weighted by Gasteiger charge is 2.11. The monoisotopic (exact) mass is 247 g/mol. The maximum atomic E-state index is 11.1. The molecule has 0 aliphatic heterocycles. The molecule has 2 rings (SSSR count). The summed E-state index contributed by atoms with van der Waals surface area (Å²) in [6.07, 6.45) is 0. The van der Waals surface area contributed by atoms with Crippen LogP contribution < -0.4 is 4.31 Å². The van der Waals surface area contributed by atoms with E-state index < -0.39 is 11.3 Å². The summed E-state index contributed by atoms with van der Waals surface area (Å²) in [7, 11) is 1.60. The van der Waals surface area contributed by atoms with E-state index in [1.54, 1.807) is 7.05 Å². The van der Waals surface area contributed by atoms with Gasteiger partial charge in [-0.15, -0.1) is 0 Å². The first-order valence-electron chi connectivity index (χ1n) is 5.19. The van der Waals surface area contributed by atoms with E-state index in [2.05, 4.69) is 0 Å². The minimum atomic E-state index is -2.01. The van der Waals surface area contributed by atoms with Gasteiger partial charge in [-0.3, -0.25) is 8.86 Å². The van der Waals surface area contributed by atoms with Crippen molar-refractivity contribution in [2.24, 2.45) is 0 Å². The largest absolute Gasteiger partial charge is 0.289 e. The van der Waals surface area contributed by atoms with Crippen LogP contribution in [0.5, 0.6) is 0 Å². The van der Waals surface area contributed by atoms with Gasteiger partial charge in [0.05, 0.1) is 5.69 Å². The molecule has 0 aliphatic carbocycles. The number of anilines is 1. The molecule has 0 radical (unpaired) electrons. The summed E-state index contributed by atoms with van der Waals surface area (Å²) in [6, 6.07) is 17.3. The Morgan fingerprint density at radius 1 is 1.00 bits per heavy atom. The zero-order chi connectivity index (χ0) is 12.3. The van der Waals surface area contributed by atoms with Crippen LogP contribution in [0.2, 0.25) is 0 Å². The van der Waals surface area contributed by atoms with E-state index >= 15 is 0 Å². The number of hydrogen-bond acceptors (Lipinski definition) is 1. The van der Waals surface area contributed by atoms with Gasteiger partial charge in [-0.05, 0) is 11.6 Å². The molecule has 88 valence electrons. The van der Waals surface area contributed by atoms with E-state index in [-0.39, 0.29) is 0 Å². The molecule has 0 spiro atoms. The van der Waals surface area contributed by atoms with Crippen molar-refractivity contribution in [3.05, 3.63) is 54.6 Å². The van der Waals surface area contributed by atoms with Crippen molar-refractivity contribution in [3.8, 4) is 11.1 Å². The third-order valence-electron chi connectivity index (χ3n) is 2.56. The Bertz CT molecular complexity index is 528. The highest BCUT2D eigenvalue weighted by atomic mass is 32.2. The standard InChI is InChI=1S/C13H13NO2S/c1-14(17(15)16)13-10-6-5-9-12(13)11-7-3-2-4-8-11/h2-10H,1H3,(H,15,16). The molecule has 0 heterocycles. The van der Waals surface area contributed by atoms with Crippen LogP contribution in [0, 0.1) is 0 Å². The lowest BCUT2D eigenvalue weighted by Crippen LogP contribution is -2.19. The molecule has 2 aromatic carbocycles. The Morgan fingerprint density at radius 3 is 2.24 bits per heavy atom. The van der Waals surface area contributed by atoms with Crippen molar-refractivity contribution in [1.29, 1.82) is 0 Å². The number of nitrogens with zero attached hydrogens (tertiary/aromatic N) is 1. The predicted octanol–water partition coefficient (Wildman–Crippen LogP) is 2.93. The molecule has 0 saturated heterocycles. The molecule has 3 nitrogen and oxygen atoms in total. The first-order valence-corrected chi connectivity index (χ1v) is 6.25. The van der Waals surface area contributed by atoms with E-state index in [4.69, 9.17) is 4.55 Å². The number of para-hydroxylation sites is 1. The molecule has 1 atom stereocenters. The summed E-state index contributed by atoms with van der Waals surface area (Å²) in [4.78, 5) is 0. The van der Waals surface area contributed by atoms with Crippen molar-refractivity contribution in [3.63, 3.8) is 0 Å². The van der Waals surface area contributed by atoms with Crippen LogP contribution in [0.4, 0.5) is 5.69 Å². The van der Waals surface area contributed by atoms with Gasteiger partial charge in [-0.2, -0.15) is 0 Å². The Kier molecular flexibility index (Phi) is 3.56. The molecule has 1 N–H and O–H groups in total. The van der Waals surface area contributed by atoms with Crippen LogP contribution in [-0.2, 0) is 11.3 Å². The summed E-state index contributed by atoms with van der Waals surface area (Å²) in [5, 5.41) is 0. The van der Waals surface area contributed by atoms with Gasteiger partial charge in [0.2, 0.25) is 0 Å². The molecule has 0 fully saturated rings. The van der Waals surface area contributed by atoms with E-state index in [0.29, 0.717) is 0 Å². The average Bonchev–Trinajstić information content (AvgIpc) is 2.39. The first kappa shape index (κ1) is 11.8. The number of rotatable bonds is 3. The molecule has 0 bridgehead atoms. The fourth-order valence-electron chi connectivity index (χ4n) is 1.69. The quantitative estimate of drug-likeness (QED) is 0.847. The van der Waals surface area contributed by atoms with E-state index in [1.807, 2.05) is 54.6 Å². The highest BCUT2D eigenvalue weighted by molar-refractivity contribution is 7.80. The fourth-order valence-corrected chi connectivity index (χ4v) is 2.02. The van der Waals surface area contributed by atoms with Gasteiger partial charge in [-0.25, -0.2) is 4.21 Å². The Morgan fingerprint density at radius 2 is 1.59 bits per heavy atom. The Balaban J connectivity index is 2.52. The SMILES string of the molecule is CN(c1ccccc1-c1ccccc1)S(=O)O. The van der Waals surface area contributed by atoms with Gasteiger partial charge in [0.1, 0.15) is 0 Å². The summed E-state index contributed by atoms with van der Waals surface area (Å²) < 4.78 is 21.6. The molecular formula is C13H13NO2S. The summed E-state index contributed by atoms with van der Waals surface area (Å²) in [5.41, 5.74) is 2.71. The van der Waals surface area contributed by atoms with Gasteiger partial charge >= 0.3 is 0 Å². The van der Waals surface area contributed by atoms with Gasteiger partial charge < -0.3 is 0 Å². The maximum absolute atomic E-state index is 11.1. The molecule has 1 unspecified atom stereocenters. The predicted molar refractivity (Wildman–Crippen MR) is 71.1 cm³/mol. The van der Waals surface area contributed by atoms with Crippen molar-refractivity contribution < 1.29 is 8.76 Å². The number of hydrogen-bond donors (Lipinski definition) is 1. The lowest BCUT2D eigenvalue weighted by molar-refractivity contribution is 0.562. The Hall–Kier alpha value is -1.65. The highest BCUT2D eigenvalue weighted by Crippen LogP contribution is 2.30. The summed E-state index contributed by atoms with van der Waals surface area (Å²) >= 11 is -2.01. The van der Waals surface area contributed by atoms with E-state index in [0.717, 1.165) is 16.8 Å². The van der Waals surface area contributed by atoms with Crippen LogP contribution in [0.25, 0.3) is 11.1 Å². The average molecular weight is 247 g/mol. The second-order valence-electron chi connectivity index (χ2n) is 3.61. The molecule has 0 aromatic heterocycles. The van der Waals surface area contributed by atoms with Crippen LogP contribution in [0.1, 0.15) is 0 Å². The molecule has 0 aliphatic rings. The van der Waals surface area contributed by atoms with Gasteiger partial charge in [-0.1, -0.05) is 48.5 Å². The number of benzene rings is 2. The lowest BCUT2D eigenvalue weighted by Gasteiger charge is -2.18. The molecule has 2 aromatic rings. The second kappa shape index (κ2) is 5.12. The molecular weight excluding hydrogens is 234 g/mol. The second-order valence-corrected chi connectivity index (χ2v) is 4.62. The molecule has 4 heteroatoms. The van der Waals surface area contributed by atoms with Crippen LogP contribution >= 0.6 is 0 Å².